The summed E-state index contributed by atoms with van der Waals surface area (Å²) < 4.78 is 2.40. The van der Waals surface area contributed by atoms with Crippen LogP contribution in [0.25, 0.3) is 115 Å². The average molecular weight is 983 g/mol. The molecule has 15 rings (SSSR count). The van der Waals surface area contributed by atoms with Gasteiger partial charge in [0.1, 0.15) is 0 Å². The predicted octanol–water partition coefficient (Wildman–Crippen LogP) is 21.0. The van der Waals surface area contributed by atoms with E-state index in [-0.39, 0.29) is 5.41 Å². The molecule has 0 aliphatic heterocycles. The molecule has 77 heavy (non-hydrogen) atoms. The molecule has 0 saturated carbocycles. The fourth-order valence-corrected chi connectivity index (χ4v) is 13.8. The molecule has 0 saturated heterocycles. The van der Waals surface area contributed by atoms with Crippen molar-refractivity contribution in [3.05, 3.63) is 278 Å². The lowest BCUT2D eigenvalue weighted by atomic mass is 9.73. The van der Waals surface area contributed by atoms with Gasteiger partial charge in [-0.1, -0.05) is 208 Å². The van der Waals surface area contributed by atoms with Crippen molar-refractivity contribution in [2.45, 2.75) is 32.1 Å². The molecule has 1 aliphatic carbocycles. The Morgan fingerprint density at radius 1 is 0.299 bits per heavy atom. The molecule has 0 N–H and O–H groups in total. The molecular formula is C75H54N2. The summed E-state index contributed by atoms with van der Waals surface area (Å²) in [5.74, 6) is 0. The number of hydrogen-bond donors (Lipinski definition) is 0. The fraction of sp³-hybridized carbons (Fsp3) is 0.0667. The number of aromatic nitrogens is 1. The molecule has 2 heteroatoms. The van der Waals surface area contributed by atoms with Crippen LogP contribution >= 0.6 is 0 Å². The minimum absolute atomic E-state index is 0.162. The maximum absolute atomic E-state index is 2.57. The highest BCUT2D eigenvalue weighted by atomic mass is 15.1. The molecule has 2 nitrogen and oxygen atoms in total. The molecule has 1 heterocycles. The summed E-state index contributed by atoms with van der Waals surface area (Å²) in [4.78, 5) is 2.40. The van der Waals surface area contributed by atoms with Crippen molar-refractivity contribution in [1.82, 2.24) is 4.57 Å². The van der Waals surface area contributed by atoms with Crippen molar-refractivity contribution < 1.29 is 0 Å². The van der Waals surface area contributed by atoms with Gasteiger partial charge in [0.05, 0.1) is 11.0 Å². The molecule has 364 valence electrons. The molecule has 0 bridgehead atoms. The first-order chi connectivity index (χ1) is 38.1. The molecule has 0 unspecified atom stereocenters. The number of rotatable bonds is 9. The highest BCUT2D eigenvalue weighted by molar-refractivity contribution is 6.30. The zero-order valence-electron chi connectivity index (χ0n) is 43.2. The van der Waals surface area contributed by atoms with Crippen LogP contribution in [0.5, 0.6) is 0 Å². The second-order valence-corrected chi connectivity index (χ2v) is 20.9. The fourth-order valence-electron chi connectivity index (χ4n) is 13.8. The summed E-state index contributed by atoms with van der Waals surface area (Å²) in [5.41, 5.74) is 20.0. The van der Waals surface area contributed by atoms with Crippen LogP contribution in [0.15, 0.2) is 267 Å². The number of para-hydroxylation sites is 4. The summed E-state index contributed by atoms with van der Waals surface area (Å²) in [5, 5.41) is 12.5. The second-order valence-electron chi connectivity index (χ2n) is 20.9. The molecule has 1 aromatic heterocycles. The molecule has 0 amide bonds. The highest BCUT2D eigenvalue weighted by Crippen LogP contribution is 2.57. The quantitative estimate of drug-likeness (QED) is 0.131. The Bertz CT molecular complexity index is 4490. The van der Waals surface area contributed by atoms with E-state index in [0.717, 1.165) is 29.9 Å². The number of anilines is 3. The van der Waals surface area contributed by atoms with Gasteiger partial charge in [-0.05, 0) is 184 Å². The Hall–Kier alpha value is -9.50. The lowest BCUT2D eigenvalue weighted by Crippen LogP contribution is -2.23. The van der Waals surface area contributed by atoms with Crippen molar-refractivity contribution in [3.63, 3.8) is 0 Å². The molecule has 1 aliphatic rings. The van der Waals surface area contributed by atoms with Gasteiger partial charge in [-0.2, -0.15) is 0 Å². The van der Waals surface area contributed by atoms with E-state index in [1.54, 1.807) is 0 Å². The summed E-state index contributed by atoms with van der Waals surface area (Å²) in [7, 11) is 0. The SMILES string of the molecule is CCC1(CC)c2cc(-c3c4ccccc4c(-c4c5ccccc5c(-c5ccc6c(c5)c5ccccc5n6-c5ccccc5)c5ccccc45)c4ccccc34)ccc2-c2ccc(N(c3ccccc3)c3ccccc3)cc21. The number of fused-ring (bicyclic) bond motifs is 10. The van der Waals surface area contributed by atoms with Gasteiger partial charge in [0, 0.05) is 38.9 Å². The van der Waals surface area contributed by atoms with Crippen LogP contribution in [-0.4, -0.2) is 4.57 Å². The van der Waals surface area contributed by atoms with Crippen molar-refractivity contribution in [1.29, 1.82) is 0 Å². The Balaban J connectivity index is 0.926. The maximum Gasteiger partial charge on any atom is 0.0541 e. The zero-order chi connectivity index (χ0) is 51.2. The lowest BCUT2D eigenvalue weighted by molar-refractivity contribution is 0.490. The van der Waals surface area contributed by atoms with E-state index in [1.165, 1.54) is 126 Å². The van der Waals surface area contributed by atoms with Crippen LogP contribution in [0.1, 0.15) is 37.8 Å². The largest absolute Gasteiger partial charge is 0.310 e. The smallest absolute Gasteiger partial charge is 0.0541 e. The van der Waals surface area contributed by atoms with Crippen LogP contribution in [0, 0.1) is 0 Å². The lowest BCUT2D eigenvalue weighted by Gasteiger charge is -2.32. The minimum atomic E-state index is -0.162. The Kier molecular flexibility index (Phi) is 10.4. The third-order valence-electron chi connectivity index (χ3n) is 17.2. The van der Waals surface area contributed by atoms with Gasteiger partial charge in [-0.3, -0.25) is 0 Å². The summed E-state index contributed by atoms with van der Waals surface area (Å²) in [6.45, 7) is 4.77. The monoisotopic (exact) mass is 982 g/mol. The maximum atomic E-state index is 2.57. The van der Waals surface area contributed by atoms with Crippen molar-refractivity contribution in [2.75, 3.05) is 4.90 Å². The van der Waals surface area contributed by atoms with Crippen molar-refractivity contribution in [3.8, 4) is 50.2 Å². The summed E-state index contributed by atoms with van der Waals surface area (Å²) in [6, 6.07) is 99.5. The first kappa shape index (κ1) is 44.9. The first-order valence-electron chi connectivity index (χ1n) is 27.3. The van der Waals surface area contributed by atoms with E-state index in [0.29, 0.717) is 0 Å². The van der Waals surface area contributed by atoms with E-state index in [9.17, 15) is 0 Å². The second kappa shape index (κ2) is 17.8. The van der Waals surface area contributed by atoms with Gasteiger partial charge >= 0.3 is 0 Å². The molecule has 0 radical (unpaired) electrons. The van der Waals surface area contributed by atoms with Gasteiger partial charge in [-0.15, -0.1) is 0 Å². The van der Waals surface area contributed by atoms with Gasteiger partial charge in [0.15, 0.2) is 0 Å². The van der Waals surface area contributed by atoms with Gasteiger partial charge < -0.3 is 9.47 Å². The third kappa shape index (κ3) is 6.75. The normalized spacial score (nSPS) is 12.8. The van der Waals surface area contributed by atoms with E-state index >= 15 is 0 Å². The van der Waals surface area contributed by atoms with E-state index < -0.39 is 0 Å². The predicted molar refractivity (Wildman–Crippen MR) is 329 cm³/mol. The molecule has 0 fully saturated rings. The summed E-state index contributed by atoms with van der Waals surface area (Å²) in [6.07, 6.45) is 1.99. The number of benzene rings is 13. The highest BCUT2D eigenvalue weighted by Gasteiger charge is 2.41. The van der Waals surface area contributed by atoms with Gasteiger partial charge in [0.2, 0.25) is 0 Å². The minimum Gasteiger partial charge on any atom is -0.310 e. The van der Waals surface area contributed by atoms with Crippen LogP contribution in [-0.2, 0) is 5.41 Å². The number of nitrogens with zero attached hydrogens (tertiary/aromatic N) is 2. The van der Waals surface area contributed by atoms with E-state index in [4.69, 9.17) is 0 Å². The van der Waals surface area contributed by atoms with Crippen LogP contribution in [0.3, 0.4) is 0 Å². The molecular weight excluding hydrogens is 929 g/mol. The molecule has 0 spiro atoms. The van der Waals surface area contributed by atoms with Crippen LogP contribution in [0.4, 0.5) is 17.1 Å². The summed E-state index contributed by atoms with van der Waals surface area (Å²) >= 11 is 0. The van der Waals surface area contributed by atoms with Gasteiger partial charge in [0.25, 0.3) is 0 Å². The average Bonchev–Trinajstić information content (AvgIpc) is 4.24. The molecule has 14 aromatic rings. The van der Waals surface area contributed by atoms with Crippen LogP contribution < -0.4 is 4.90 Å². The Morgan fingerprint density at radius 3 is 1.17 bits per heavy atom. The van der Waals surface area contributed by atoms with Crippen LogP contribution in [0.2, 0.25) is 0 Å². The first-order valence-corrected chi connectivity index (χ1v) is 27.3. The Labute approximate surface area is 449 Å². The molecule has 0 atom stereocenters. The molecule has 13 aromatic carbocycles. The Morgan fingerprint density at radius 2 is 0.675 bits per heavy atom. The van der Waals surface area contributed by atoms with Crippen molar-refractivity contribution in [2.24, 2.45) is 0 Å². The van der Waals surface area contributed by atoms with Gasteiger partial charge in [-0.25, -0.2) is 0 Å². The number of hydrogen-bond acceptors (Lipinski definition) is 1. The van der Waals surface area contributed by atoms with Crippen molar-refractivity contribution >= 4 is 82.0 Å². The topological polar surface area (TPSA) is 8.17 Å². The van der Waals surface area contributed by atoms with E-state index in [2.05, 4.69) is 290 Å². The third-order valence-corrected chi connectivity index (χ3v) is 17.2. The standard InChI is InChI=1S/C75H54N2/c1-3-75(4-2)67-47-50(40-43-55(67)56-44-42-54(48-68(56)75)76(51-24-8-5-9-25-51)52-26-10-6-11-27-52)72-60-33-16-20-37-64(60)74(65-38-21-17-34-61(65)72)73-62-35-18-14-31-58(62)71(59-32-15-19-36-63(59)73)49-41-45-70-66(46-49)57-30-22-23-39-69(57)77(70)53-28-12-7-13-29-53/h5-48H,3-4H2,1-2H3. The van der Waals surface area contributed by atoms with E-state index in [1.807, 2.05) is 0 Å². The zero-order valence-corrected chi connectivity index (χ0v) is 43.2.